The van der Waals surface area contributed by atoms with Crippen LogP contribution in [-0.4, -0.2) is 27.3 Å². The standard InChI is InChI=1S/C6H5BrN2O2S/c1-12-6-8-3(5(10)11)2-4(7)9-6/h2H,1H3,(H,10,11). The summed E-state index contributed by atoms with van der Waals surface area (Å²) in [5.74, 6) is -1.05. The molecule has 0 aliphatic heterocycles. The van der Waals surface area contributed by atoms with Crippen LogP contribution in [-0.2, 0) is 0 Å². The molecule has 1 aromatic heterocycles. The summed E-state index contributed by atoms with van der Waals surface area (Å²) in [5, 5.41) is 9.05. The Morgan fingerprint density at radius 3 is 2.83 bits per heavy atom. The molecule has 0 amide bonds. The van der Waals surface area contributed by atoms with Crippen LogP contribution in [0.3, 0.4) is 0 Å². The quantitative estimate of drug-likeness (QED) is 0.490. The van der Waals surface area contributed by atoms with Crippen LogP contribution in [0.4, 0.5) is 0 Å². The molecule has 0 saturated heterocycles. The van der Waals surface area contributed by atoms with Crippen molar-refractivity contribution < 1.29 is 9.90 Å². The molecule has 1 N–H and O–H groups in total. The molecule has 6 heteroatoms. The molecule has 4 nitrogen and oxygen atoms in total. The van der Waals surface area contributed by atoms with Crippen molar-refractivity contribution in [2.45, 2.75) is 5.16 Å². The van der Waals surface area contributed by atoms with Gasteiger partial charge in [-0.2, -0.15) is 0 Å². The van der Waals surface area contributed by atoms with Gasteiger partial charge in [-0.3, -0.25) is 0 Å². The molecular formula is C6H5BrN2O2S. The van der Waals surface area contributed by atoms with Gasteiger partial charge in [0.2, 0.25) is 0 Å². The van der Waals surface area contributed by atoms with E-state index in [4.69, 9.17) is 5.11 Å². The Morgan fingerprint density at radius 2 is 2.33 bits per heavy atom. The van der Waals surface area contributed by atoms with Crippen LogP contribution in [0.2, 0.25) is 0 Å². The van der Waals surface area contributed by atoms with Crippen molar-refractivity contribution in [1.82, 2.24) is 9.97 Å². The lowest BCUT2D eigenvalue weighted by atomic mass is 10.4. The Kier molecular flexibility index (Phi) is 3.05. The van der Waals surface area contributed by atoms with E-state index in [9.17, 15) is 4.79 Å². The second kappa shape index (κ2) is 3.86. The molecule has 12 heavy (non-hydrogen) atoms. The van der Waals surface area contributed by atoms with Gasteiger partial charge in [0.15, 0.2) is 10.9 Å². The molecule has 0 aliphatic carbocycles. The van der Waals surface area contributed by atoms with E-state index in [1.165, 1.54) is 17.8 Å². The van der Waals surface area contributed by atoms with Crippen LogP contribution in [0, 0.1) is 0 Å². The number of carbonyl (C=O) groups is 1. The predicted octanol–water partition coefficient (Wildman–Crippen LogP) is 1.66. The lowest BCUT2D eigenvalue weighted by molar-refractivity contribution is 0.0689. The fraction of sp³-hybridized carbons (Fsp3) is 0.167. The Labute approximate surface area is 81.5 Å². The van der Waals surface area contributed by atoms with Gasteiger partial charge in [0.25, 0.3) is 0 Å². The van der Waals surface area contributed by atoms with Crippen molar-refractivity contribution in [3.8, 4) is 0 Å². The van der Waals surface area contributed by atoms with Crippen LogP contribution in [0.25, 0.3) is 0 Å². The Balaban J connectivity index is 3.15. The van der Waals surface area contributed by atoms with Crippen molar-refractivity contribution >= 4 is 33.7 Å². The molecule has 0 spiro atoms. The third-order valence-corrected chi connectivity index (χ3v) is 2.03. The number of aromatic carboxylic acids is 1. The number of thioether (sulfide) groups is 1. The Bertz CT molecular complexity index is 318. The van der Waals surface area contributed by atoms with Crippen molar-refractivity contribution in [2.24, 2.45) is 0 Å². The Morgan fingerprint density at radius 1 is 1.67 bits per heavy atom. The minimum absolute atomic E-state index is 0.00113. The maximum Gasteiger partial charge on any atom is 0.354 e. The zero-order valence-electron chi connectivity index (χ0n) is 6.11. The normalized spacial score (nSPS) is 9.83. The molecule has 0 radical (unpaired) electrons. The monoisotopic (exact) mass is 248 g/mol. The number of hydrogen-bond donors (Lipinski definition) is 1. The first-order valence-electron chi connectivity index (χ1n) is 2.95. The van der Waals surface area contributed by atoms with E-state index in [-0.39, 0.29) is 5.69 Å². The summed E-state index contributed by atoms with van der Waals surface area (Å²) < 4.78 is 0.485. The zero-order chi connectivity index (χ0) is 9.14. The molecule has 0 saturated carbocycles. The third kappa shape index (κ3) is 2.18. The van der Waals surface area contributed by atoms with Crippen molar-refractivity contribution in [3.05, 3.63) is 16.4 Å². The molecule has 1 rings (SSSR count). The highest BCUT2D eigenvalue weighted by molar-refractivity contribution is 9.10. The molecule has 1 aromatic rings. The van der Waals surface area contributed by atoms with Crippen LogP contribution >= 0.6 is 27.7 Å². The average molecular weight is 249 g/mol. The van der Waals surface area contributed by atoms with Gasteiger partial charge in [-0.1, -0.05) is 11.8 Å². The molecule has 0 fully saturated rings. The number of carboxylic acids is 1. The van der Waals surface area contributed by atoms with E-state index in [0.717, 1.165) is 0 Å². The minimum Gasteiger partial charge on any atom is -0.477 e. The first kappa shape index (κ1) is 9.47. The van der Waals surface area contributed by atoms with Crippen LogP contribution in [0.1, 0.15) is 10.5 Å². The van der Waals surface area contributed by atoms with Crippen LogP contribution < -0.4 is 0 Å². The van der Waals surface area contributed by atoms with Gasteiger partial charge in [0, 0.05) is 6.07 Å². The number of hydrogen-bond acceptors (Lipinski definition) is 4. The average Bonchev–Trinajstić information content (AvgIpc) is 2.03. The number of aromatic nitrogens is 2. The van der Waals surface area contributed by atoms with E-state index in [1.807, 2.05) is 0 Å². The van der Waals surface area contributed by atoms with Crippen molar-refractivity contribution in [2.75, 3.05) is 6.26 Å². The van der Waals surface area contributed by atoms with Gasteiger partial charge < -0.3 is 5.11 Å². The summed E-state index contributed by atoms with van der Waals surface area (Å²) >= 11 is 4.39. The SMILES string of the molecule is CSc1nc(Br)cc(C(=O)O)n1. The second-order valence-corrected chi connectivity index (χ2v) is 3.45. The lowest BCUT2D eigenvalue weighted by Crippen LogP contribution is -2.02. The summed E-state index contributed by atoms with van der Waals surface area (Å²) in [6, 6.07) is 1.36. The summed E-state index contributed by atoms with van der Waals surface area (Å²) in [6.45, 7) is 0. The molecule has 0 bridgehead atoms. The van der Waals surface area contributed by atoms with Gasteiger partial charge in [-0.05, 0) is 22.2 Å². The zero-order valence-corrected chi connectivity index (χ0v) is 8.52. The fourth-order valence-corrected chi connectivity index (χ4v) is 1.48. The van der Waals surface area contributed by atoms with Gasteiger partial charge in [-0.15, -0.1) is 0 Å². The van der Waals surface area contributed by atoms with Crippen molar-refractivity contribution in [3.63, 3.8) is 0 Å². The van der Waals surface area contributed by atoms with E-state index in [1.54, 1.807) is 6.26 Å². The molecule has 0 aliphatic rings. The highest BCUT2D eigenvalue weighted by Gasteiger charge is 2.07. The molecule has 0 aromatic carbocycles. The predicted molar refractivity (Wildman–Crippen MR) is 48.5 cm³/mol. The Hall–Kier alpha value is -0.620. The van der Waals surface area contributed by atoms with Gasteiger partial charge >= 0.3 is 5.97 Å². The van der Waals surface area contributed by atoms with Crippen LogP contribution in [0.15, 0.2) is 15.8 Å². The lowest BCUT2D eigenvalue weighted by Gasteiger charge is -1.97. The summed E-state index contributed by atoms with van der Waals surface area (Å²) in [6.07, 6.45) is 1.79. The fourth-order valence-electron chi connectivity index (χ4n) is 0.598. The number of rotatable bonds is 2. The third-order valence-electron chi connectivity index (χ3n) is 1.08. The van der Waals surface area contributed by atoms with E-state index in [2.05, 4.69) is 25.9 Å². The summed E-state index contributed by atoms with van der Waals surface area (Å²) in [4.78, 5) is 18.2. The van der Waals surface area contributed by atoms with Gasteiger partial charge in [0.1, 0.15) is 4.60 Å². The number of nitrogens with zero attached hydrogens (tertiary/aromatic N) is 2. The highest BCUT2D eigenvalue weighted by Crippen LogP contribution is 2.14. The summed E-state index contributed by atoms with van der Waals surface area (Å²) in [7, 11) is 0. The molecule has 0 unspecified atom stereocenters. The first-order valence-corrected chi connectivity index (χ1v) is 4.97. The maximum absolute atomic E-state index is 10.5. The first-order chi connectivity index (χ1) is 5.63. The van der Waals surface area contributed by atoms with Crippen molar-refractivity contribution in [1.29, 1.82) is 0 Å². The van der Waals surface area contributed by atoms with Crippen LogP contribution in [0.5, 0.6) is 0 Å². The number of halogens is 1. The van der Waals surface area contributed by atoms with E-state index in [0.29, 0.717) is 9.76 Å². The topological polar surface area (TPSA) is 63.1 Å². The largest absolute Gasteiger partial charge is 0.477 e. The van der Waals surface area contributed by atoms with E-state index < -0.39 is 5.97 Å². The summed E-state index contributed by atoms with van der Waals surface area (Å²) in [5.41, 5.74) is 0.00113. The molecule has 64 valence electrons. The van der Waals surface area contributed by atoms with E-state index >= 15 is 0 Å². The molecular weight excluding hydrogens is 244 g/mol. The number of carboxylic acid groups (broad SMARTS) is 1. The molecule has 1 heterocycles. The smallest absolute Gasteiger partial charge is 0.354 e. The van der Waals surface area contributed by atoms with Gasteiger partial charge in [-0.25, -0.2) is 14.8 Å². The minimum atomic E-state index is -1.05. The van der Waals surface area contributed by atoms with Gasteiger partial charge in [0.05, 0.1) is 0 Å². The second-order valence-electron chi connectivity index (χ2n) is 1.87. The molecule has 0 atom stereocenters. The highest BCUT2D eigenvalue weighted by atomic mass is 79.9. The maximum atomic E-state index is 10.5.